The molecule has 2 aromatic rings. The van der Waals surface area contributed by atoms with Crippen molar-refractivity contribution in [1.82, 2.24) is 15.5 Å². The van der Waals surface area contributed by atoms with Gasteiger partial charge in [0.2, 0.25) is 11.8 Å². The SMILES string of the molecule is Cc1cccc(-c2nnc(CN[C@H](C)C(=O)O)o2)c1. The Labute approximate surface area is 110 Å². The van der Waals surface area contributed by atoms with Gasteiger partial charge in [0.15, 0.2) is 0 Å². The zero-order chi connectivity index (χ0) is 13.8. The van der Waals surface area contributed by atoms with Crippen LogP contribution in [0.5, 0.6) is 0 Å². The van der Waals surface area contributed by atoms with Gasteiger partial charge in [-0.15, -0.1) is 10.2 Å². The molecule has 0 aliphatic heterocycles. The van der Waals surface area contributed by atoms with Crippen LogP contribution >= 0.6 is 0 Å². The minimum Gasteiger partial charge on any atom is -0.480 e. The van der Waals surface area contributed by atoms with Crippen molar-refractivity contribution in [2.75, 3.05) is 0 Å². The van der Waals surface area contributed by atoms with E-state index in [0.717, 1.165) is 11.1 Å². The zero-order valence-corrected chi connectivity index (χ0v) is 10.8. The Morgan fingerprint density at radius 1 is 1.47 bits per heavy atom. The van der Waals surface area contributed by atoms with Crippen LogP contribution in [0.2, 0.25) is 0 Å². The van der Waals surface area contributed by atoms with E-state index < -0.39 is 12.0 Å². The molecule has 0 unspecified atom stereocenters. The number of hydrogen-bond donors (Lipinski definition) is 2. The summed E-state index contributed by atoms with van der Waals surface area (Å²) in [6, 6.07) is 7.08. The molecule has 1 heterocycles. The van der Waals surface area contributed by atoms with Crippen molar-refractivity contribution in [3.8, 4) is 11.5 Å². The van der Waals surface area contributed by atoms with Gasteiger partial charge in [0.1, 0.15) is 6.04 Å². The maximum atomic E-state index is 10.7. The van der Waals surface area contributed by atoms with Crippen molar-refractivity contribution in [3.05, 3.63) is 35.7 Å². The van der Waals surface area contributed by atoms with Gasteiger partial charge in [-0.3, -0.25) is 10.1 Å². The van der Waals surface area contributed by atoms with E-state index in [0.29, 0.717) is 11.8 Å². The molecule has 0 bridgehead atoms. The van der Waals surface area contributed by atoms with Crippen LogP contribution in [0.25, 0.3) is 11.5 Å². The number of aliphatic carboxylic acids is 1. The molecule has 0 aliphatic rings. The molecular formula is C13H15N3O3. The summed E-state index contributed by atoms with van der Waals surface area (Å²) in [5, 5.41) is 19.4. The van der Waals surface area contributed by atoms with E-state index in [2.05, 4.69) is 15.5 Å². The summed E-state index contributed by atoms with van der Waals surface area (Å²) in [4.78, 5) is 10.7. The third-order valence-corrected chi connectivity index (χ3v) is 2.66. The summed E-state index contributed by atoms with van der Waals surface area (Å²) in [6.45, 7) is 3.77. The highest BCUT2D eigenvalue weighted by molar-refractivity contribution is 5.72. The molecule has 2 rings (SSSR count). The fourth-order valence-electron chi connectivity index (χ4n) is 1.55. The molecule has 100 valence electrons. The van der Waals surface area contributed by atoms with Crippen LogP contribution < -0.4 is 5.32 Å². The van der Waals surface area contributed by atoms with Gasteiger partial charge in [-0.2, -0.15) is 0 Å². The molecule has 0 saturated carbocycles. The van der Waals surface area contributed by atoms with Crippen molar-refractivity contribution in [1.29, 1.82) is 0 Å². The second kappa shape index (κ2) is 5.62. The largest absolute Gasteiger partial charge is 0.480 e. The summed E-state index contributed by atoms with van der Waals surface area (Å²) < 4.78 is 5.48. The second-order valence-corrected chi connectivity index (χ2v) is 4.31. The highest BCUT2D eigenvalue weighted by Gasteiger charge is 2.13. The Hall–Kier alpha value is -2.21. The topological polar surface area (TPSA) is 88.2 Å². The summed E-state index contributed by atoms with van der Waals surface area (Å²) in [5.41, 5.74) is 1.96. The number of nitrogens with zero attached hydrogens (tertiary/aromatic N) is 2. The minimum atomic E-state index is -0.918. The highest BCUT2D eigenvalue weighted by Crippen LogP contribution is 2.18. The van der Waals surface area contributed by atoms with E-state index >= 15 is 0 Å². The normalized spacial score (nSPS) is 12.3. The highest BCUT2D eigenvalue weighted by atomic mass is 16.4. The lowest BCUT2D eigenvalue weighted by Gasteiger charge is -2.05. The van der Waals surface area contributed by atoms with Gasteiger partial charge in [0, 0.05) is 5.56 Å². The van der Waals surface area contributed by atoms with Crippen molar-refractivity contribution < 1.29 is 14.3 Å². The van der Waals surface area contributed by atoms with Crippen molar-refractivity contribution >= 4 is 5.97 Å². The number of hydrogen-bond acceptors (Lipinski definition) is 5. The zero-order valence-electron chi connectivity index (χ0n) is 10.8. The van der Waals surface area contributed by atoms with Gasteiger partial charge < -0.3 is 9.52 Å². The van der Waals surface area contributed by atoms with Crippen LogP contribution in [-0.4, -0.2) is 27.3 Å². The number of aryl methyl sites for hydroxylation is 1. The third-order valence-electron chi connectivity index (χ3n) is 2.66. The van der Waals surface area contributed by atoms with Crippen LogP contribution in [0, 0.1) is 6.92 Å². The smallest absolute Gasteiger partial charge is 0.320 e. The molecule has 1 aromatic carbocycles. The average molecular weight is 261 g/mol. The molecule has 6 nitrogen and oxygen atoms in total. The Kier molecular flexibility index (Phi) is 3.91. The third kappa shape index (κ3) is 3.38. The summed E-state index contributed by atoms with van der Waals surface area (Å²) in [7, 11) is 0. The van der Waals surface area contributed by atoms with Crippen LogP contribution in [-0.2, 0) is 11.3 Å². The Balaban J connectivity index is 2.05. The van der Waals surface area contributed by atoms with E-state index in [4.69, 9.17) is 9.52 Å². The van der Waals surface area contributed by atoms with Gasteiger partial charge in [0.05, 0.1) is 6.54 Å². The van der Waals surface area contributed by atoms with Gasteiger partial charge in [-0.05, 0) is 26.0 Å². The number of carboxylic acids is 1. The summed E-state index contributed by atoms with van der Waals surface area (Å²) in [5.74, 6) is -0.119. The molecular weight excluding hydrogens is 246 g/mol. The number of carbonyl (C=O) groups is 1. The van der Waals surface area contributed by atoms with Gasteiger partial charge in [-0.1, -0.05) is 17.7 Å². The number of aromatic nitrogens is 2. The molecule has 1 aromatic heterocycles. The summed E-state index contributed by atoms with van der Waals surface area (Å²) >= 11 is 0. The van der Waals surface area contributed by atoms with E-state index in [9.17, 15) is 4.79 Å². The molecule has 0 radical (unpaired) electrons. The first-order valence-corrected chi connectivity index (χ1v) is 5.92. The number of nitrogens with one attached hydrogen (secondary N) is 1. The van der Waals surface area contributed by atoms with Crippen molar-refractivity contribution in [2.45, 2.75) is 26.4 Å². The van der Waals surface area contributed by atoms with Crippen molar-refractivity contribution in [3.63, 3.8) is 0 Å². The lowest BCUT2D eigenvalue weighted by Crippen LogP contribution is -2.33. The molecule has 6 heteroatoms. The van der Waals surface area contributed by atoms with Gasteiger partial charge >= 0.3 is 5.97 Å². The van der Waals surface area contributed by atoms with E-state index in [1.165, 1.54) is 0 Å². The number of rotatable bonds is 5. The molecule has 0 aliphatic carbocycles. The van der Waals surface area contributed by atoms with Crippen LogP contribution in [0.15, 0.2) is 28.7 Å². The van der Waals surface area contributed by atoms with Crippen molar-refractivity contribution in [2.24, 2.45) is 0 Å². The maximum absolute atomic E-state index is 10.7. The van der Waals surface area contributed by atoms with E-state index in [1.54, 1.807) is 6.92 Å². The maximum Gasteiger partial charge on any atom is 0.320 e. The molecule has 0 fully saturated rings. The lowest BCUT2D eigenvalue weighted by molar-refractivity contribution is -0.139. The predicted octanol–water partition coefficient (Wildman–Crippen LogP) is 1.61. The first-order valence-electron chi connectivity index (χ1n) is 5.92. The van der Waals surface area contributed by atoms with E-state index in [-0.39, 0.29) is 6.54 Å². The fraction of sp³-hybridized carbons (Fsp3) is 0.308. The van der Waals surface area contributed by atoms with Crippen LogP contribution in [0.1, 0.15) is 18.4 Å². The summed E-state index contributed by atoms with van der Waals surface area (Å²) in [6.07, 6.45) is 0. The Morgan fingerprint density at radius 2 is 2.26 bits per heavy atom. The average Bonchev–Trinajstić information content (AvgIpc) is 2.84. The van der Waals surface area contributed by atoms with Gasteiger partial charge in [0.25, 0.3) is 0 Å². The van der Waals surface area contributed by atoms with Gasteiger partial charge in [-0.25, -0.2) is 0 Å². The molecule has 19 heavy (non-hydrogen) atoms. The number of carboxylic acid groups (broad SMARTS) is 1. The minimum absolute atomic E-state index is 0.228. The first-order chi connectivity index (χ1) is 9.06. The lowest BCUT2D eigenvalue weighted by atomic mass is 10.1. The van der Waals surface area contributed by atoms with Crippen LogP contribution in [0.3, 0.4) is 0 Å². The number of benzene rings is 1. The fourth-order valence-corrected chi connectivity index (χ4v) is 1.55. The second-order valence-electron chi connectivity index (χ2n) is 4.31. The molecule has 1 atom stereocenters. The molecule has 0 saturated heterocycles. The molecule has 2 N–H and O–H groups in total. The Morgan fingerprint density at radius 3 is 2.95 bits per heavy atom. The predicted molar refractivity (Wildman–Crippen MR) is 68.4 cm³/mol. The standard InChI is InChI=1S/C13H15N3O3/c1-8-4-3-5-10(6-8)12-16-15-11(19-12)7-14-9(2)13(17)18/h3-6,9,14H,7H2,1-2H3,(H,17,18)/t9-/m1/s1. The quantitative estimate of drug-likeness (QED) is 0.850. The van der Waals surface area contributed by atoms with Crippen LogP contribution in [0.4, 0.5) is 0 Å². The Bertz CT molecular complexity index is 580. The monoisotopic (exact) mass is 261 g/mol. The van der Waals surface area contributed by atoms with E-state index in [1.807, 2.05) is 31.2 Å². The first kappa shape index (κ1) is 13.2. The molecule has 0 spiro atoms. The molecule has 0 amide bonds.